The van der Waals surface area contributed by atoms with Crippen molar-refractivity contribution >= 4 is 21.9 Å². The Bertz CT molecular complexity index is 1180. The molecule has 0 fully saturated rings. The number of rotatable bonds is 4. The molecule has 0 spiro atoms. The number of benzene rings is 2. The van der Waals surface area contributed by atoms with E-state index in [0.29, 0.717) is 5.56 Å². The molecule has 1 heterocycles. The molecule has 8 heteroatoms. The van der Waals surface area contributed by atoms with Crippen molar-refractivity contribution in [1.29, 1.82) is 0 Å². The first-order valence-corrected chi connectivity index (χ1v) is 10.0. The third-order valence-electron chi connectivity index (χ3n) is 4.61. The Hall–Kier alpha value is -3.07. The van der Waals surface area contributed by atoms with E-state index in [0.717, 1.165) is 4.09 Å². The van der Waals surface area contributed by atoms with Gasteiger partial charge in [-0.15, -0.1) is 0 Å². The highest BCUT2D eigenvalue weighted by atomic mass is 32.2. The van der Waals surface area contributed by atoms with Crippen LogP contribution in [0.5, 0.6) is 0 Å². The molecule has 1 aromatic heterocycles. The highest BCUT2D eigenvalue weighted by Crippen LogP contribution is 2.34. The molecule has 1 unspecified atom stereocenters. The van der Waals surface area contributed by atoms with Crippen LogP contribution >= 0.6 is 0 Å². The van der Waals surface area contributed by atoms with Gasteiger partial charge in [0.05, 0.1) is 16.2 Å². The van der Waals surface area contributed by atoms with Crippen molar-refractivity contribution in [3.63, 3.8) is 0 Å². The van der Waals surface area contributed by atoms with Crippen LogP contribution in [0.15, 0.2) is 71.1 Å². The largest absolute Gasteiger partial charge is 0.380 e. The van der Waals surface area contributed by atoms with E-state index in [1.807, 2.05) is 0 Å². The van der Waals surface area contributed by atoms with E-state index in [1.165, 1.54) is 18.2 Å². The molecule has 0 saturated heterocycles. The normalized spacial score (nSPS) is 16.6. The molecule has 0 amide bonds. The summed E-state index contributed by atoms with van der Waals surface area (Å²) in [6.07, 6.45) is 0.0125. The second-order valence-electron chi connectivity index (χ2n) is 6.33. The van der Waals surface area contributed by atoms with Crippen LogP contribution in [0.25, 0.3) is 17.3 Å². The van der Waals surface area contributed by atoms with Gasteiger partial charge in [-0.2, -0.15) is 17.6 Å². The van der Waals surface area contributed by atoms with Crippen molar-refractivity contribution in [2.75, 3.05) is 6.54 Å². The van der Waals surface area contributed by atoms with E-state index in [-0.39, 0.29) is 34.0 Å². The van der Waals surface area contributed by atoms with Crippen LogP contribution in [0.4, 0.5) is 0 Å². The third-order valence-corrected chi connectivity index (χ3v) is 6.21. The molecule has 0 radical (unpaired) electrons. The smallest absolute Gasteiger partial charge is 0.283 e. The average molecular weight is 395 g/mol. The first kappa shape index (κ1) is 18.3. The molecule has 1 aliphatic carbocycles. The number of aliphatic hydroxyl groups is 1. The number of fused-ring (bicyclic) bond motifs is 1. The van der Waals surface area contributed by atoms with Gasteiger partial charge in [0.15, 0.2) is 5.78 Å². The van der Waals surface area contributed by atoms with Crippen LogP contribution in [-0.4, -0.2) is 41.1 Å². The van der Waals surface area contributed by atoms with E-state index in [9.17, 15) is 18.3 Å². The molecule has 1 aliphatic rings. The van der Waals surface area contributed by atoms with E-state index in [4.69, 9.17) is 5.73 Å². The summed E-state index contributed by atoms with van der Waals surface area (Å²) >= 11 is 0. The van der Waals surface area contributed by atoms with Gasteiger partial charge in [0.25, 0.3) is 10.0 Å². The number of carbonyl (C=O) groups excluding carboxylic acids is 1. The number of carbonyl (C=O) groups is 1. The maximum Gasteiger partial charge on any atom is 0.283 e. The maximum absolute atomic E-state index is 13.2. The van der Waals surface area contributed by atoms with Gasteiger partial charge in [0.1, 0.15) is 11.8 Å². The fraction of sp³-hybridized carbons (Fsp3) is 0.100. The van der Waals surface area contributed by atoms with Crippen molar-refractivity contribution in [3.05, 3.63) is 77.5 Å². The molecule has 0 saturated carbocycles. The van der Waals surface area contributed by atoms with Crippen molar-refractivity contribution in [1.82, 2.24) is 9.19 Å². The number of Topliss-reactive ketones (excluding diaryl/α,β-unsaturated/α-hetero) is 1. The standard InChI is InChI=1S/C20H17N3O4S/c21-12-14-11-16-17(20(25)19(14)24)18(13-7-3-1-4-8-13)22-23(16)28(26,27)15-9-5-2-6-10-15/h1-11,19,24H,12,21H2. The predicted octanol–water partition coefficient (Wildman–Crippen LogP) is 1.69. The van der Waals surface area contributed by atoms with Gasteiger partial charge >= 0.3 is 0 Å². The zero-order chi connectivity index (χ0) is 19.9. The molecule has 0 aliphatic heterocycles. The highest BCUT2D eigenvalue weighted by Gasteiger charge is 2.36. The fourth-order valence-electron chi connectivity index (χ4n) is 3.19. The lowest BCUT2D eigenvalue weighted by atomic mass is 9.90. The Labute approximate surface area is 161 Å². The van der Waals surface area contributed by atoms with Crippen molar-refractivity contribution in [3.8, 4) is 11.3 Å². The summed E-state index contributed by atoms with van der Waals surface area (Å²) in [5.41, 5.74) is 6.82. The molecule has 7 nitrogen and oxygen atoms in total. The molecule has 28 heavy (non-hydrogen) atoms. The van der Waals surface area contributed by atoms with Crippen LogP contribution in [0.3, 0.4) is 0 Å². The van der Waals surface area contributed by atoms with Crippen molar-refractivity contribution < 1.29 is 18.3 Å². The van der Waals surface area contributed by atoms with Crippen LogP contribution in [-0.2, 0) is 10.0 Å². The SMILES string of the molecule is NCC1=Cc2c(c(-c3ccccc3)nn2S(=O)(=O)c2ccccc2)C(=O)C1O. The zero-order valence-corrected chi connectivity index (χ0v) is 15.5. The van der Waals surface area contributed by atoms with Gasteiger partial charge in [-0.3, -0.25) is 4.79 Å². The number of hydrogen-bond acceptors (Lipinski definition) is 6. The first-order valence-electron chi connectivity index (χ1n) is 8.57. The van der Waals surface area contributed by atoms with Crippen molar-refractivity contribution in [2.24, 2.45) is 5.73 Å². The summed E-state index contributed by atoms with van der Waals surface area (Å²) in [7, 11) is -4.05. The molecule has 4 rings (SSSR count). The van der Waals surface area contributed by atoms with E-state index >= 15 is 0 Å². The quantitative estimate of drug-likeness (QED) is 0.695. The summed E-state index contributed by atoms with van der Waals surface area (Å²) in [6.45, 7) is -0.0798. The summed E-state index contributed by atoms with van der Waals surface area (Å²) in [5.74, 6) is -0.619. The molecule has 3 N–H and O–H groups in total. The monoisotopic (exact) mass is 395 g/mol. The molecular weight excluding hydrogens is 378 g/mol. The second kappa shape index (κ2) is 6.83. The lowest BCUT2D eigenvalue weighted by Gasteiger charge is -2.19. The maximum atomic E-state index is 13.2. The van der Waals surface area contributed by atoms with E-state index in [1.54, 1.807) is 48.5 Å². The summed E-state index contributed by atoms with van der Waals surface area (Å²) in [6, 6.07) is 16.6. The summed E-state index contributed by atoms with van der Waals surface area (Å²) in [4.78, 5) is 12.9. The summed E-state index contributed by atoms with van der Waals surface area (Å²) < 4.78 is 27.2. The van der Waals surface area contributed by atoms with Crippen LogP contribution in [0.1, 0.15) is 16.1 Å². The van der Waals surface area contributed by atoms with Gasteiger partial charge in [-0.05, 0) is 23.8 Å². The number of aliphatic hydroxyl groups excluding tert-OH is 1. The minimum absolute atomic E-state index is 0.0428. The van der Waals surface area contributed by atoms with Gasteiger partial charge in [0.2, 0.25) is 0 Å². The highest BCUT2D eigenvalue weighted by molar-refractivity contribution is 7.89. The lowest BCUT2D eigenvalue weighted by molar-refractivity contribution is 0.0801. The zero-order valence-electron chi connectivity index (χ0n) is 14.7. The molecule has 1 atom stereocenters. The Kier molecular flexibility index (Phi) is 4.46. The topological polar surface area (TPSA) is 115 Å². The molecule has 142 valence electrons. The molecular formula is C20H17N3O4S. The fourth-order valence-corrected chi connectivity index (χ4v) is 4.48. The van der Waals surface area contributed by atoms with Gasteiger partial charge in [-0.25, -0.2) is 0 Å². The first-order chi connectivity index (χ1) is 13.4. The van der Waals surface area contributed by atoms with Gasteiger partial charge < -0.3 is 10.8 Å². The third kappa shape index (κ3) is 2.78. The predicted molar refractivity (Wildman–Crippen MR) is 104 cm³/mol. The summed E-state index contributed by atoms with van der Waals surface area (Å²) in [5, 5.41) is 14.6. The molecule has 3 aromatic rings. The second-order valence-corrected chi connectivity index (χ2v) is 8.09. The van der Waals surface area contributed by atoms with Crippen LogP contribution in [0, 0.1) is 0 Å². The molecule has 0 bridgehead atoms. The van der Waals surface area contributed by atoms with Crippen LogP contribution in [0.2, 0.25) is 0 Å². The number of hydrogen-bond donors (Lipinski definition) is 2. The van der Waals surface area contributed by atoms with Gasteiger partial charge in [-0.1, -0.05) is 48.5 Å². The Morgan fingerprint density at radius 1 is 1.04 bits per heavy atom. The lowest BCUT2D eigenvalue weighted by Crippen LogP contribution is -2.31. The number of aromatic nitrogens is 2. The minimum Gasteiger partial charge on any atom is -0.380 e. The number of nitrogens with zero attached hydrogens (tertiary/aromatic N) is 2. The van der Waals surface area contributed by atoms with Gasteiger partial charge in [0, 0.05) is 12.1 Å². The van der Waals surface area contributed by atoms with E-state index < -0.39 is 21.9 Å². The van der Waals surface area contributed by atoms with E-state index in [2.05, 4.69) is 5.10 Å². The number of ketones is 1. The molecule has 2 aromatic carbocycles. The minimum atomic E-state index is -4.05. The number of nitrogens with two attached hydrogens (primary N) is 1. The average Bonchev–Trinajstić information content (AvgIpc) is 3.12. The Balaban J connectivity index is 2.04. The Morgan fingerprint density at radius 3 is 2.25 bits per heavy atom. The van der Waals surface area contributed by atoms with Crippen molar-refractivity contribution in [2.45, 2.75) is 11.0 Å². The van der Waals surface area contributed by atoms with Crippen LogP contribution < -0.4 is 5.73 Å². The Morgan fingerprint density at radius 2 is 1.64 bits per heavy atom.